The van der Waals surface area contributed by atoms with Crippen LogP contribution in [0, 0.1) is 0 Å². The Labute approximate surface area is 67.1 Å². The second kappa shape index (κ2) is 4.34. The molecule has 0 aromatic heterocycles. The molecule has 1 fully saturated rings. The van der Waals surface area contributed by atoms with E-state index in [-0.39, 0.29) is 12.1 Å². The Hall–Kier alpha value is -0.570. The van der Waals surface area contributed by atoms with Crippen LogP contribution in [-0.4, -0.2) is 18.7 Å². The van der Waals surface area contributed by atoms with E-state index in [1.807, 2.05) is 0 Å². The van der Waals surface area contributed by atoms with Crippen LogP contribution in [0.25, 0.3) is 0 Å². The highest BCUT2D eigenvalue weighted by Crippen LogP contribution is 2.07. The Balaban J connectivity index is 2.04. The lowest BCUT2D eigenvalue weighted by Crippen LogP contribution is -2.28. The first-order chi connectivity index (χ1) is 5.33. The highest BCUT2D eigenvalue weighted by atomic mass is 16.5. The van der Waals surface area contributed by atoms with Gasteiger partial charge in [0.15, 0.2) is 0 Å². The molecule has 0 spiro atoms. The first-order valence-corrected chi connectivity index (χ1v) is 4.24. The molecular formula is C8H15NO2. The van der Waals surface area contributed by atoms with Gasteiger partial charge in [-0.05, 0) is 6.42 Å². The number of hydrogen-bond acceptors (Lipinski definition) is 2. The molecule has 3 nitrogen and oxygen atoms in total. The number of hydrogen-bond donors (Lipinski definition) is 1. The molecule has 1 saturated heterocycles. The lowest BCUT2D eigenvalue weighted by atomic mass is 10.3. The molecule has 64 valence electrons. The van der Waals surface area contributed by atoms with Crippen LogP contribution < -0.4 is 5.32 Å². The largest absolute Gasteiger partial charge is 0.359 e. The molecule has 1 heterocycles. The van der Waals surface area contributed by atoms with Crippen LogP contribution in [0.2, 0.25) is 0 Å². The average Bonchev–Trinajstić information content (AvgIpc) is 2.37. The van der Waals surface area contributed by atoms with E-state index >= 15 is 0 Å². The van der Waals surface area contributed by atoms with Gasteiger partial charge < -0.3 is 10.1 Å². The molecule has 1 rings (SSSR count). The van der Waals surface area contributed by atoms with Crippen molar-refractivity contribution in [3.8, 4) is 0 Å². The Kier molecular flexibility index (Phi) is 3.36. The van der Waals surface area contributed by atoms with Crippen molar-refractivity contribution < 1.29 is 9.53 Å². The Bertz CT molecular complexity index is 136. The lowest BCUT2D eigenvalue weighted by Gasteiger charge is -2.10. The summed E-state index contributed by atoms with van der Waals surface area (Å²) in [5.41, 5.74) is 0. The van der Waals surface area contributed by atoms with Gasteiger partial charge in [0.05, 0.1) is 0 Å². The van der Waals surface area contributed by atoms with Gasteiger partial charge in [-0.25, -0.2) is 0 Å². The third-order valence-electron chi connectivity index (χ3n) is 1.77. The number of nitrogens with one attached hydrogen (secondary N) is 1. The van der Waals surface area contributed by atoms with Crippen molar-refractivity contribution in [1.29, 1.82) is 0 Å². The van der Waals surface area contributed by atoms with Gasteiger partial charge in [0.25, 0.3) is 0 Å². The fourth-order valence-corrected chi connectivity index (χ4v) is 1.08. The molecule has 1 aliphatic rings. The Morgan fingerprint density at radius 3 is 3.09 bits per heavy atom. The molecule has 1 atom stereocenters. The van der Waals surface area contributed by atoms with E-state index in [0.717, 1.165) is 25.9 Å². The van der Waals surface area contributed by atoms with E-state index in [1.54, 1.807) is 0 Å². The molecule has 3 heteroatoms. The maximum atomic E-state index is 10.7. The maximum absolute atomic E-state index is 10.7. The molecule has 0 aromatic rings. The van der Waals surface area contributed by atoms with Crippen molar-refractivity contribution in [2.45, 2.75) is 38.8 Å². The number of unbranched alkanes of at least 4 members (excludes halogenated alkanes) is 1. The zero-order valence-corrected chi connectivity index (χ0v) is 6.93. The van der Waals surface area contributed by atoms with Crippen molar-refractivity contribution in [2.75, 3.05) is 6.61 Å². The summed E-state index contributed by atoms with van der Waals surface area (Å²) in [6.07, 6.45) is 3.67. The summed E-state index contributed by atoms with van der Waals surface area (Å²) in [5.74, 6) is 0.117. The van der Waals surface area contributed by atoms with Gasteiger partial charge in [0.1, 0.15) is 6.23 Å². The fourth-order valence-electron chi connectivity index (χ4n) is 1.08. The predicted octanol–water partition coefficient (Wildman–Crippen LogP) is 1.04. The SMILES string of the molecule is CCCCOC1CCC(=O)N1. The van der Waals surface area contributed by atoms with Crippen molar-refractivity contribution in [1.82, 2.24) is 5.32 Å². The van der Waals surface area contributed by atoms with Crippen LogP contribution in [0.1, 0.15) is 32.6 Å². The van der Waals surface area contributed by atoms with Gasteiger partial charge in [0, 0.05) is 19.4 Å². The molecule has 0 radical (unpaired) electrons. The topological polar surface area (TPSA) is 38.3 Å². The van der Waals surface area contributed by atoms with Crippen molar-refractivity contribution in [3.05, 3.63) is 0 Å². The number of carbonyl (C=O) groups excluding carboxylic acids is 1. The lowest BCUT2D eigenvalue weighted by molar-refractivity contribution is -0.120. The second-order valence-corrected chi connectivity index (χ2v) is 2.82. The monoisotopic (exact) mass is 157 g/mol. The van der Waals surface area contributed by atoms with E-state index in [9.17, 15) is 4.79 Å². The van der Waals surface area contributed by atoms with Crippen LogP contribution in [0.5, 0.6) is 0 Å². The van der Waals surface area contributed by atoms with E-state index in [2.05, 4.69) is 12.2 Å². The van der Waals surface area contributed by atoms with Crippen LogP contribution in [0.4, 0.5) is 0 Å². The minimum Gasteiger partial charge on any atom is -0.359 e. The predicted molar refractivity (Wildman–Crippen MR) is 42.0 cm³/mol. The summed E-state index contributed by atoms with van der Waals surface area (Å²) in [7, 11) is 0. The summed E-state index contributed by atoms with van der Waals surface area (Å²) in [6, 6.07) is 0. The number of rotatable bonds is 4. The standard InChI is InChI=1S/C8H15NO2/c1-2-3-6-11-8-5-4-7(10)9-8/h8H,2-6H2,1H3,(H,9,10). The van der Waals surface area contributed by atoms with Gasteiger partial charge in [-0.3, -0.25) is 4.79 Å². The first-order valence-electron chi connectivity index (χ1n) is 4.24. The molecule has 11 heavy (non-hydrogen) atoms. The molecule has 1 aliphatic heterocycles. The number of amides is 1. The highest BCUT2D eigenvalue weighted by Gasteiger charge is 2.20. The van der Waals surface area contributed by atoms with Gasteiger partial charge in [0.2, 0.25) is 5.91 Å². The fraction of sp³-hybridized carbons (Fsp3) is 0.875. The van der Waals surface area contributed by atoms with Crippen LogP contribution in [-0.2, 0) is 9.53 Å². The second-order valence-electron chi connectivity index (χ2n) is 2.82. The summed E-state index contributed by atoms with van der Waals surface area (Å²) < 4.78 is 5.38. The summed E-state index contributed by atoms with van der Waals surface area (Å²) in [5, 5.41) is 2.75. The third kappa shape index (κ3) is 2.89. The van der Waals surface area contributed by atoms with Gasteiger partial charge >= 0.3 is 0 Å². The molecule has 0 bridgehead atoms. The maximum Gasteiger partial charge on any atom is 0.222 e. The quantitative estimate of drug-likeness (QED) is 0.619. The van der Waals surface area contributed by atoms with Crippen LogP contribution in [0.15, 0.2) is 0 Å². The molecule has 0 aliphatic carbocycles. The van der Waals surface area contributed by atoms with E-state index < -0.39 is 0 Å². The van der Waals surface area contributed by atoms with Crippen molar-refractivity contribution >= 4 is 5.91 Å². The summed E-state index contributed by atoms with van der Waals surface area (Å²) in [4.78, 5) is 10.7. The third-order valence-corrected chi connectivity index (χ3v) is 1.77. The number of ether oxygens (including phenoxy) is 1. The molecule has 1 amide bonds. The van der Waals surface area contributed by atoms with Gasteiger partial charge in [-0.1, -0.05) is 13.3 Å². The summed E-state index contributed by atoms with van der Waals surface area (Å²) >= 11 is 0. The molecule has 1 unspecified atom stereocenters. The summed E-state index contributed by atoms with van der Waals surface area (Å²) in [6.45, 7) is 2.89. The van der Waals surface area contributed by atoms with E-state index in [1.165, 1.54) is 0 Å². The Morgan fingerprint density at radius 2 is 2.55 bits per heavy atom. The van der Waals surface area contributed by atoms with Crippen molar-refractivity contribution in [2.24, 2.45) is 0 Å². The van der Waals surface area contributed by atoms with E-state index in [0.29, 0.717) is 6.42 Å². The highest BCUT2D eigenvalue weighted by molar-refractivity contribution is 5.78. The first kappa shape index (κ1) is 8.53. The normalized spacial score (nSPS) is 23.7. The number of carbonyl (C=O) groups is 1. The van der Waals surface area contributed by atoms with E-state index in [4.69, 9.17) is 4.74 Å². The minimum absolute atomic E-state index is 0.00551. The van der Waals surface area contributed by atoms with Crippen LogP contribution >= 0.6 is 0 Å². The molecule has 0 aromatic carbocycles. The average molecular weight is 157 g/mol. The van der Waals surface area contributed by atoms with Gasteiger partial charge in [-0.15, -0.1) is 0 Å². The zero-order valence-electron chi connectivity index (χ0n) is 6.93. The zero-order chi connectivity index (χ0) is 8.10. The minimum atomic E-state index is -0.00551. The van der Waals surface area contributed by atoms with Gasteiger partial charge in [-0.2, -0.15) is 0 Å². The smallest absolute Gasteiger partial charge is 0.222 e. The van der Waals surface area contributed by atoms with Crippen LogP contribution in [0.3, 0.4) is 0 Å². The molecule has 1 N–H and O–H groups in total. The van der Waals surface area contributed by atoms with Crippen molar-refractivity contribution in [3.63, 3.8) is 0 Å². The Morgan fingerprint density at radius 1 is 1.73 bits per heavy atom. The molecule has 0 saturated carbocycles. The molecular weight excluding hydrogens is 142 g/mol.